The van der Waals surface area contributed by atoms with Crippen LogP contribution in [-0.4, -0.2) is 16.7 Å². The standard InChI is InChI=1S/C25H21NO2S/c1-18-15-24(26-23-10-6-5-9-22(18)23)29-17-25(27)28-16-19-11-13-21(14-12-19)20-7-3-2-4-8-20/h2-15H,16-17H2,1H3. The SMILES string of the molecule is Cc1cc(SCC(=O)OCc2ccc(-c3ccccc3)cc2)nc2ccccc12. The van der Waals surface area contributed by atoms with Gasteiger partial charge in [-0.1, -0.05) is 84.6 Å². The third-order valence-corrected chi connectivity index (χ3v) is 5.58. The molecule has 0 aliphatic rings. The minimum atomic E-state index is -0.241. The zero-order chi connectivity index (χ0) is 20.1. The summed E-state index contributed by atoms with van der Waals surface area (Å²) in [5.74, 6) is 0.00196. The topological polar surface area (TPSA) is 39.2 Å². The second-order valence-electron chi connectivity index (χ2n) is 6.81. The number of nitrogens with zero attached hydrogens (tertiary/aromatic N) is 1. The van der Waals surface area contributed by atoms with Gasteiger partial charge in [0.25, 0.3) is 0 Å². The molecular weight excluding hydrogens is 378 g/mol. The van der Waals surface area contributed by atoms with E-state index in [9.17, 15) is 4.79 Å². The highest BCUT2D eigenvalue weighted by Gasteiger charge is 2.08. The number of aryl methyl sites for hydroxylation is 1. The van der Waals surface area contributed by atoms with Crippen LogP contribution in [0, 0.1) is 6.92 Å². The van der Waals surface area contributed by atoms with Crippen molar-refractivity contribution in [3.05, 3.63) is 96.1 Å². The summed E-state index contributed by atoms with van der Waals surface area (Å²) in [7, 11) is 0. The van der Waals surface area contributed by atoms with E-state index in [2.05, 4.69) is 42.2 Å². The van der Waals surface area contributed by atoms with Crippen LogP contribution in [0.2, 0.25) is 0 Å². The van der Waals surface area contributed by atoms with Gasteiger partial charge in [-0.25, -0.2) is 4.98 Å². The molecule has 0 bridgehead atoms. The predicted molar refractivity (Wildman–Crippen MR) is 119 cm³/mol. The molecule has 144 valence electrons. The number of para-hydroxylation sites is 1. The van der Waals surface area contributed by atoms with Crippen molar-refractivity contribution < 1.29 is 9.53 Å². The largest absolute Gasteiger partial charge is 0.460 e. The number of aromatic nitrogens is 1. The second kappa shape index (κ2) is 8.93. The van der Waals surface area contributed by atoms with E-state index in [1.54, 1.807) is 0 Å². The first-order chi connectivity index (χ1) is 14.2. The van der Waals surface area contributed by atoms with Crippen LogP contribution < -0.4 is 0 Å². The van der Waals surface area contributed by atoms with Gasteiger partial charge in [-0.05, 0) is 41.3 Å². The minimum Gasteiger partial charge on any atom is -0.460 e. The van der Waals surface area contributed by atoms with Crippen molar-refractivity contribution in [3.8, 4) is 11.1 Å². The van der Waals surface area contributed by atoms with Crippen molar-refractivity contribution in [3.63, 3.8) is 0 Å². The van der Waals surface area contributed by atoms with E-state index in [4.69, 9.17) is 4.74 Å². The van der Waals surface area contributed by atoms with E-state index >= 15 is 0 Å². The van der Waals surface area contributed by atoms with Crippen LogP contribution in [0.1, 0.15) is 11.1 Å². The summed E-state index contributed by atoms with van der Waals surface area (Å²) in [6.07, 6.45) is 0. The number of carbonyl (C=O) groups excluding carboxylic acids is 1. The number of hydrogen-bond donors (Lipinski definition) is 0. The molecule has 0 radical (unpaired) electrons. The van der Waals surface area contributed by atoms with Gasteiger partial charge in [0.1, 0.15) is 6.61 Å². The van der Waals surface area contributed by atoms with Gasteiger partial charge in [0.05, 0.1) is 16.3 Å². The Hall–Kier alpha value is -3.11. The first kappa shape index (κ1) is 19.2. The maximum absolute atomic E-state index is 12.2. The van der Waals surface area contributed by atoms with E-state index in [1.165, 1.54) is 17.3 Å². The molecule has 4 rings (SSSR count). The van der Waals surface area contributed by atoms with Gasteiger partial charge in [0.2, 0.25) is 0 Å². The molecule has 0 unspecified atom stereocenters. The van der Waals surface area contributed by atoms with E-state index < -0.39 is 0 Å². The van der Waals surface area contributed by atoms with Crippen molar-refractivity contribution in [2.75, 3.05) is 5.75 Å². The molecule has 0 fully saturated rings. The zero-order valence-corrected chi connectivity index (χ0v) is 17.0. The van der Waals surface area contributed by atoms with Gasteiger partial charge in [0.15, 0.2) is 0 Å². The highest BCUT2D eigenvalue weighted by molar-refractivity contribution is 7.99. The van der Waals surface area contributed by atoms with Gasteiger partial charge >= 0.3 is 5.97 Å². The Labute approximate surface area is 174 Å². The summed E-state index contributed by atoms with van der Waals surface area (Å²) in [4.78, 5) is 16.8. The van der Waals surface area contributed by atoms with Crippen LogP contribution in [-0.2, 0) is 16.1 Å². The molecule has 1 heterocycles. The number of fused-ring (bicyclic) bond motifs is 1. The van der Waals surface area contributed by atoms with E-state index in [-0.39, 0.29) is 18.3 Å². The van der Waals surface area contributed by atoms with Crippen molar-refractivity contribution >= 4 is 28.6 Å². The second-order valence-corrected chi connectivity index (χ2v) is 7.80. The number of esters is 1. The maximum Gasteiger partial charge on any atom is 0.316 e. The van der Waals surface area contributed by atoms with Crippen molar-refractivity contribution in [1.82, 2.24) is 4.98 Å². The summed E-state index contributed by atoms with van der Waals surface area (Å²) in [6, 6.07) is 28.3. The molecule has 0 saturated heterocycles. The van der Waals surface area contributed by atoms with Crippen LogP contribution >= 0.6 is 11.8 Å². The Balaban J connectivity index is 1.31. The fourth-order valence-electron chi connectivity index (χ4n) is 3.15. The van der Waals surface area contributed by atoms with Gasteiger partial charge in [-0.15, -0.1) is 0 Å². The summed E-state index contributed by atoms with van der Waals surface area (Å²) < 4.78 is 5.43. The Morgan fingerprint density at radius 2 is 1.59 bits per heavy atom. The van der Waals surface area contributed by atoms with Crippen LogP contribution in [0.5, 0.6) is 0 Å². The summed E-state index contributed by atoms with van der Waals surface area (Å²) in [5.41, 5.74) is 5.40. The Morgan fingerprint density at radius 3 is 2.38 bits per heavy atom. The molecule has 0 spiro atoms. The first-order valence-electron chi connectivity index (χ1n) is 9.48. The van der Waals surface area contributed by atoms with E-state index in [0.717, 1.165) is 32.6 Å². The summed E-state index contributed by atoms with van der Waals surface area (Å²) >= 11 is 1.41. The molecule has 3 nitrogen and oxygen atoms in total. The molecule has 4 heteroatoms. The smallest absolute Gasteiger partial charge is 0.316 e. The number of pyridine rings is 1. The van der Waals surface area contributed by atoms with E-state index in [1.807, 2.05) is 54.6 Å². The van der Waals surface area contributed by atoms with Crippen molar-refractivity contribution in [1.29, 1.82) is 0 Å². The predicted octanol–water partition coefficient (Wildman–Crippen LogP) is 6.05. The van der Waals surface area contributed by atoms with Gasteiger partial charge < -0.3 is 4.74 Å². The molecule has 1 aromatic heterocycles. The van der Waals surface area contributed by atoms with Gasteiger partial charge in [-0.2, -0.15) is 0 Å². The first-order valence-corrected chi connectivity index (χ1v) is 10.5. The molecule has 0 saturated carbocycles. The van der Waals surface area contributed by atoms with Crippen LogP contribution in [0.4, 0.5) is 0 Å². The fourth-order valence-corrected chi connectivity index (χ4v) is 3.93. The average Bonchev–Trinajstić information content (AvgIpc) is 2.77. The summed E-state index contributed by atoms with van der Waals surface area (Å²) in [6.45, 7) is 2.34. The third kappa shape index (κ3) is 4.84. The summed E-state index contributed by atoms with van der Waals surface area (Å²) in [5, 5.41) is 1.98. The molecule has 29 heavy (non-hydrogen) atoms. The fraction of sp³-hybridized carbons (Fsp3) is 0.120. The molecule has 0 amide bonds. The van der Waals surface area contributed by atoms with Crippen LogP contribution in [0.25, 0.3) is 22.0 Å². The Kier molecular flexibility index (Phi) is 5.92. The number of hydrogen-bond acceptors (Lipinski definition) is 4. The lowest BCUT2D eigenvalue weighted by Crippen LogP contribution is -2.07. The molecule has 0 atom stereocenters. The lowest BCUT2D eigenvalue weighted by Gasteiger charge is -2.08. The molecule has 3 aromatic carbocycles. The maximum atomic E-state index is 12.2. The molecule has 0 aliphatic carbocycles. The molecule has 4 aromatic rings. The third-order valence-electron chi connectivity index (χ3n) is 4.70. The van der Waals surface area contributed by atoms with Crippen LogP contribution in [0.15, 0.2) is 90.0 Å². The number of ether oxygens (including phenoxy) is 1. The number of carbonyl (C=O) groups is 1. The lowest BCUT2D eigenvalue weighted by atomic mass is 10.0. The highest BCUT2D eigenvalue weighted by atomic mass is 32.2. The number of rotatable bonds is 6. The minimum absolute atomic E-state index is 0.241. The van der Waals surface area contributed by atoms with Crippen molar-refractivity contribution in [2.24, 2.45) is 0 Å². The quantitative estimate of drug-likeness (QED) is 0.292. The average molecular weight is 400 g/mol. The molecule has 0 N–H and O–H groups in total. The Bertz CT molecular complexity index is 1120. The lowest BCUT2D eigenvalue weighted by molar-refractivity contribution is -0.141. The van der Waals surface area contributed by atoms with E-state index in [0.29, 0.717) is 0 Å². The highest BCUT2D eigenvalue weighted by Crippen LogP contribution is 2.24. The monoisotopic (exact) mass is 399 g/mol. The molecular formula is C25H21NO2S. The van der Waals surface area contributed by atoms with Gasteiger partial charge in [0, 0.05) is 5.39 Å². The van der Waals surface area contributed by atoms with Crippen LogP contribution in [0.3, 0.4) is 0 Å². The van der Waals surface area contributed by atoms with Crippen molar-refractivity contribution in [2.45, 2.75) is 18.6 Å². The normalized spacial score (nSPS) is 10.8. The van der Waals surface area contributed by atoms with Gasteiger partial charge in [-0.3, -0.25) is 4.79 Å². The number of benzene rings is 3. The molecule has 0 aliphatic heterocycles. The Morgan fingerprint density at radius 1 is 0.897 bits per heavy atom. The number of thioether (sulfide) groups is 1. The zero-order valence-electron chi connectivity index (χ0n) is 16.2.